The van der Waals surface area contributed by atoms with E-state index in [1.807, 2.05) is 10.9 Å². The summed E-state index contributed by atoms with van der Waals surface area (Å²) in [6, 6.07) is 3.50. The molecule has 1 aromatic rings. The van der Waals surface area contributed by atoms with Gasteiger partial charge in [0, 0.05) is 18.8 Å². The van der Waals surface area contributed by atoms with E-state index in [9.17, 15) is 0 Å². The summed E-state index contributed by atoms with van der Waals surface area (Å²) in [5.41, 5.74) is 0. The highest BCUT2D eigenvalue weighted by atomic mass is 15.3. The molecule has 1 unspecified atom stereocenters. The van der Waals surface area contributed by atoms with Crippen LogP contribution in [0.25, 0.3) is 0 Å². The van der Waals surface area contributed by atoms with Crippen LogP contribution in [0.5, 0.6) is 0 Å². The van der Waals surface area contributed by atoms with Crippen molar-refractivity contribution in [1.29, 1.82) is 0 Å². The number of aromatic nitrogens is 2. The molecule has 0 aromatic carbocycles. The molecule has 0 aliphatic carbocycles. The molecule has 1 atom stereocenters. The van der Waals surface area contributed by atoms with Crippen molar-refractivity contribution >= 4 is 0 Å². The molecule has 3 heteroatoms. The lowest BCUT2D eigenvalue weighted by molar-refractivity contribution is 0.347. The second-order valence-corrected chi connectivity index (χ2v) is 2.92. The highest BCUT2D eigenvalue weighted by Crippen LogP contribution is 2.13. The van der Waals surface area contributed by atoms with Crippen LogP contribution in [0.15, 0.2) is 12.4 Å². The van der Waals surface area contributed by atoms with Crippen molar-refractivity contribution in [3.05, 3.63) is 18.5 Å². The second-order valence-electron chi connectivity index (χ2n) is 2.92. The van der Waals surface area contributed by atoms with Crippen LogP contribution in [0.2, 0.25) is 0 Å². The molecule has 1 aliphatic heterocycles. The quantitative estimate of drug-likeness (QED) is 0.635. The number of nitrogens with zero attached hydrogens (tertiary/aromatic N) is 2. The van der Waals surface area contributed by atoms with Gasteiger partial charge in [-0.05, 0) is 19.4 Å². The Hall–Kier alpha value is -0.830. The third kappa shape index (κ3) is 1.43. The Morgan fingerprint density at radius 2 is 2.64 bits per heavy atom. The minimum Gasteiger partial charge on any atom is -0.315 e. The third-order valence-electron chi connectivity index (χ3n) is 2.12. The van der Waals surface area contributed by atoms with E-state index >= 15 is 0 Å². The standard InChI is InChI=1S/C8H12N3/c1-3-8(7-9-4-1)11-6-2-5-10-11/h5-6,8-9H,1,3-4,7H2. The van der Waals surface area contributed by atoms with Crippen LogP contribution < -0.4 is 5.32 Å². The average molecular weight is 150 g/mol. The Labute approximate surface area is 66.4 Å². The SMILES string of the molecule is [c]1cnn(C2CCCNC2)c1. The number of rotatable bonds is 1. The fraction of sp³-hybridized carbons (Fsp3) is 0.625. The first kappa shape index (κ1) is 6.85. The predicted molar refractivity (Wildman–Crippen MR) is 42.2 cm³/mol. The molecule has 1 radical (unpaired) electrons. The summed E-state index contributed by atoms with van der Waals surface area (Å²) in [6.07, 6.45) is 6.12. The van der Waals surface area contributed by atoms with Crippen LogP contribution >= 0.6 is 0 Å². The topological polar surface area (TPSA) is 29.9 Å². The van der Waals surface area contributed by atoms with E-state index in [2.05, 4.69) is 16.5 Å². The fourth-order valence-corrected chi connectivity index (χ4v) is 1.50. The van der Waals surface area contributed by atoms with E-state index in [0.29, 0.717) is 6.04 Å². The van der Waals surface area contributed by atoms with Gasteiger partial charge in [0.15, 0.2) is 0 Å². The summed E-state index contributed by atoms with van der Waals surface area (Å²) in [5.74, 6) is 0. The molecule has 11 heavy (non-hydrogen) atoms. The molecule has 0 amide bonds. The predicted octanol–water partition coefficient (Wildman–Crippen LogP) is 0.608. The maximum absolute atomic E-state index is 4.16. The summed E-state index contributed by atoms with van der Waals surface area (Å²) in [7, 11) is 0. The van der Waals surface area contributed by atoms with Gasteiger partial charge < -0.3 is 5.32 Å². The van der Waals surface area contributed by atoms with Gasteiger partial charge in [-0.15, -0.1) is 0 Å². The van der Waals surface area contributed by atoms with Gasteiger partial charge >= 0.3 is 0 Å². The van der Waals surface area contributed by atoms with Crippen molar-refractivity contribution in [3.63, 3.8) is 0 Å². The monoisotopic (exact) mass is 150 g/mol. The van der Waals surface area contributed by atoms with Crippen molar-refractivity contribution in [2.75, 3.05) is 13.1 Å². The van der Waals surface area contributed by atoms with Crippen molar-refractivity contribution < 1.29 is 0 Å². The molecule has 1 N–H and O–H groups in total. The molecule has 59 valence electrons. The van der Waals surface area contributed by atoms with E-state index < -0.39 is 0 Å². The van der Waals surface area contributed by atoms with Crippen molar-refractivity contribution in [3.8, 4) is 0 Å². The third-order valence-corrected chi connectivity index (χ3v) is 2.12. The van der Waals surface area contributed by atoms with E-state index in [4.69, 9.17) is 0 Å². The van der Waals surface area contributed by atoms with Crippen LogP contribution in [0, 0.1) is 6.07 Å². The zero-order chi connectivity index (χ0) is 7.52. The molecule has 1 aromatic heterocycles. The number of piperidine rings is 1. The van der Waals surface area contributed by atoms with Gasteiger partial charge in [-0.25, -0.2) is 0 Å². The normalized spacial score (nSPS) is 25.3. The van der Waals surface area contributed by atoms with E-state index in [-0.39, 0.29) is 0 Å². The zero-order valence-electron chi connectivity index (χ0n) is 6.45. The van der Waals surface area contributed by atoms with Crippen molar-refractivity contribution in [2.24, 2.45) is 0 Å². The smallest absolute Gasteiger partial charge is 0.0644 e. The molecule has 2 rings (SSSR count). The first-order valence-corrected chi connectivity index (χ1v) is 4.08. The van der Waals surface area contributed by atoms with Gasteiger partial charge in [-0.1, -0.05) is 0 Å². The fourth-order valence-electron chi connectivity index (χ4n) is 1.50. The van der Waals surface area contributed by atoms with Crippen LogP contribution in [0.3, 0.4) is 0 Å². The maximum Gasteiger partial charge on any atom is 0.0644 e. The highest BCUT2D eigenvalue weighted by Gasteiger charge is 2.13. The van der Waals surface area contributed by atoms with Crippen LogP contribution in [0.1, 0.15) is 18.9 Å². The van der Waals surface area contributed by atoms with Crippen molar-refractivity contribution in [2.45, 2.75) is 18.9 Å². The summed E-state index contributed by atoms with van der Waals surface area (Å²) in [5, 5.41) is 7.51. The van der Waals surface area contributed by atoms with E-state index in [0.717, 1.165) is 13.1 Å². The Morgan fingerprint density at radius 3 is 3.27 bits per heavy atom. The van der Waals surface area contributed by atoms with Crippen LogP contribution in [-0.2, 0) is 0 Å². The molecule has 1 aliphatic rings. The Kier molecular flexibility index (Phi) is 1.90. The number of hydrogen-bond donors (Lipinski definition) is 1. The van der Waals surface area contributed by atoms with Gasteiger partial charge in [0.25, 0.3) is 0 Å². The van der Waals surface area contributed by atoms with Crippen molar-refractivity contribution in [1.82, 2.24) is 15.1 Å². The van der Waals surface area contributed by atoms with Gasteiger partial charge in [0.2, 0.25) is 0 Å². The van der Waals surface area contributed by atoms with E-state index in [1.165, 1.54) is 12.8 Å². The molecule has 0 saturated carbocycles. The molecular formula is C8H12N3. The van der Waals surface area contributed by atoms with Gasteiger partial charge in [-0.2, -0.15) is 5.10 Å². The Bertz CT molecular complexity index is 199. The number of nitrogens with one attached hydrogen (secondary N) is 1. The molecule has 1 saturated heterocycles. The molecule has 0 bridgehead atoms. The van der Waals surface area contributed by atoms with Gasteiger partial charge in [-0.3, -0.25) is 4.68 Å². The van der Waals surface area contributed by atoms with Crippen LogP contribution in [-0.4, -0.2) is 22.9 Å². The highest BCUT2D eigenvalue weighted by molar-refractivity contribution is 4.81. The zero-order valence-corrected chi connectivity index (χ0v) is 6.45. The Morgan fingerprint density at radius 1 is 1.64 bits per heavy atom. The summed E-state index contributed by atoms with van der Waals surface area (Å²) < 4.78 is 1.99. The second kappa shape index (κ2) is 3.05. The molecule has 2 heterocycles. The van der Waals surface area contributed by atoms with Crippen LogP contribution in [0.4, 0.5) is 0 Å². The molecule has 3 nitrogen and oxygen atoms in total. The first-order chi connectivity index (χ1) is 5.47. The minimum absolute atomic E-state index is 0.551. The number of hydrogen-bond acceptors (Lipinski definition) is 2. The minimum atomic E-state index is 0.551. The summed E-state index contributed by atoms with van der Waals surface area (Å²) in [6.45, 7) is 2.21. The Balaban J connectivity index is 2.04. The molecule has 0 spiro atoms. The van der Waals surface area contributed by atoms with Gasteiger partial charge in [0.05, 0.1) is 12.2 Å². The molecule has 1 fully saturated rings. The average Bonchev–Trinajstić information content (AvgIpc) is 2.58. The van der Waals surface area contributed by atoms with E-state index in [1.54, 1.807) is 6.20 Å². The lowest BCUT2D eigenvalue weighted by atomic mass is 10.1. The van der Waals surface area contributed by atoms with Gasteiger partial charge in [0.1, 0.15) is 0 Å². The first-order valence-electron chi connectivity index (χ1n) is 4.08. The summed E-state index contributed by atoms with van der Waals surface area (Å²) in [4.78, 5) is 0. The maximum atomic E-state index is 4.16. The molecular weight excluding hydrogens is 138 g/mol. The largest absolute Gasteiger partial charge is 0.315 e. The summed E-state index contributed by atoms with van der Waals surface area (Å²) >= 11 is 0. The lowest BCUT2D eigenvalue weighted by Gasteiger charge is -2.22. The lowest BCUT2D eigenvalue weighted by Crippen LogP contribution is -2.31.